The number of hydrogen-bond acceptors (Lipinski definition) is 0. The van der Waals surface area contributed by atoms with E-state index in [1.54, 1.807) is 19.1 Å². The maximum Gasteiger partial charge on any atom is 0.340 e. The number of allylic oxidation sites excluding steroid dienone is 4. The molecule has 0 bridgehead atoms. The summed E-state index contributed by atoms with van der Waals surface area (Å²) in [4.78, 5) is 0. The van der Waals surface area contributed by atoms with E-state index in [4.69, 9.17) is 0 Å². The SMILES string of the molecule is CCCc1ccc(-c2ccc(C3=CC=C(c4ccc(CCC)c(F)c4F)C(F)(F)C3(F)F)cc2)cc1. The van der Waals surface area contributed by atoms with E-state index in [1.807, 2.05) is 24.3 Å². The van der Waals surface area contributed by atoms with Crippen molar-refractivity contribution < 1.29 is 26.3 Å². The lowest BCUT2D eigenvalue weighted by Crippen LogP contribution is -2.44. The van der Waals surface area contributed by atoms with Crippen LogP contribution in [0, 0.1) is 11.6 Å². The van der Waals surface area contributed by atoms with Crippen molar-refractivity contribution in [2.45, 2.75) is 51.4 Å². The molecule has 0 fully saturated rings. The smallest absolute Gasteiger partial charge is 0.203 e. The first-order valence-corrected chi connectivity index (χ1v) is 12.0. The summed E-state index contributed by atoms with van der Waals surface area (Å²) in [5.41, 5.74) is -0.242. The molecule has 188 valence electrons. The van der Waals surface area contributed by atoms with Gasteiger partial charge in [0, 0.05) is 16.7 Å². The molecule has 3 aromatic rings. The van der Waals surface area contributed by atoms with Gasteiger partial charge in [-0.3, -0.25) is 0 Å². The molecular formula is C30H26F6. The summed E-state index contributed by atoms with van der Waals surface area (Å²) in [7, 11) is 0. The zero-order valence-electron chi connectivity index (χ0n) is 20.0. The third-order valence-electron chi connectivity index (χ3n) is 6.48. The van der Waals surface area contributed by atoms with Crippen LogP contribution in [0.3, 0.4) is 0 Å². The van der Waals surface area contributed by atoms with Crippen molar-refractivity contribution >= 4 is 11.1 Å². The standard InChI is InChI=1S/C30H26F6/c1-3-5-19-7-9-20(10-8-19)21-11-13-22(14-12-21)25-17-18-26(30(35,36)29(25,33)34)24-16-15-23(6-4-2)27(31)28(24)32/h7-18H,3-6H2,1-2H3. The maximum atomic E-state index is 15.2. The zero-order chi connectivity index (χ0) is 26.1. The van der Waals surface area contributed by atoms with Crippen LogP contribution in [0.4, 0.5) is 26.3 Å². The summed E-state index contributed by atoms with van der Waals surface area (Å²) >= 11 is 0. The summed E-state index contributed by atoms with van der Waals surface area (Å²) in [6.07, 6.45) is 4.30. The van der Waals surface area contributed by atoms with Gasteiger partial charge in [-0.2, -0.15) is 17.6 Å². The summed E-state index contributed by atoms with van der Waals surface area (Å²) in [5.74, 6) is -12.2. The Labute approximate surface area is 207 Å². The highest BCUT2D eigenvalue weighted by Crippen LogP contribution is 2.54. The monoisotopic (exact) mass is 500 g/mol. The summed E-state index contributed by atoms with van der Waals surface area (Å²) in [6, 6.07) is 15.9. The largest absolute Gasteiger partial charge is 0.340 e. The Bertz CT molecular complexity index is 1300. The van der Waals surface area contributed by atoms with Crippen molar-refractivity contribution in [2.75, 3.05) is 0 Å². The van der Waals surface area contributed by atoms with Crippen LogP contribution in [-0.4, -0.2) is 11.8 Å². The van der Waals surface area contributed by atoms with Gasteiger partial charge in [-0.05, 0) is 40.7 Å². The number of alkyl halides is 4. The van der Waals surface area contributed by atoms with Gasteiger partial charge in [0.25, 0.3) is 0 Å². The van der Waals surface area contributed by atoms with Gasteiger partial charge in [-0.1, -0.05) is 99.5 Å². The van der Waals surface area contributed by atoms with Crippen molar-refractivity contribution in [3.63, 3.8) is 0 Å². The molecule has 0 radical (unpaired) electrons. The van der Waals surface area contributed by atoms with Gasteiger partial charge >= 0.3 is 11.8 Å². The third kappa shape index (κ3) is 4.49. The van der Waals surface area contributed by atoms with Crippen LogP contribution < -0.4 is 0 Å². The first-order valence-electron chi connectivity index (χ1n) is 12.0. The molecule has 36 heavy (non-hydrogen) atoms. The Balaban J connectivity index is 1.70. The van der Waals surface area contributed by atoms with E-state index in [0.29, 0.717) is 6.42 Å². The molecule has 0 unspecified atom stereocenters. The predicted molar refractivity (Wildman–Crippen MR) is 132 cm³/mol. The lowest BCUT2D eigenvalue weighted by atomic mass is 9.83. The molecule has 0 spiro atoms. The minimum Gasteiger partial charge on any atom is -0.203 e. The number of benzene rings is 3. The van der Waals surface area contributed by atoms with Gasteiger partial charge in [0.1, 0.15) is 0 Å². The van der Waals surface area contributed by atoms with Crippen molar-refractivity contribution in [1.82, 2.24) is 0 Å². The minimum atomic E-state index is -4.75. The van der Waals surface area contributed by atoms with E-state index >= 15 is 17.6 Å². The fourth-order valence-corrected chi connectivity index (χ4v) is 4.51. The first-order chi connectivity index (χ1) is 17.1. The molecule has 0 aliphatic heterocycles. The Morgan fingerprint density at radius 3 is 1.64 bits per heavy atom. The summed E-state index contributed by atoms with van der Waals surface area (Å²) in [5, 5.41) is 0. The number of rotatable bonds is 7. The number of aryl methyl sites for hydroxylation is 2. The normalized spacial score (nSPS) is 16.4. The third-order valence-corrected chi connectivity index (χ3v) is 6.48. The van der Waals surface area contributed by atoms with Crippen molar-refractivity contribution in [3.8, 4) is 11.1 Å². The Morgan fingerprint density at radius 2 is 1.06 bits per heavy atom. The quantitative estimate of drug-likeness (QED) is 0.284. The molecule has 4 rings (SSSR count). The van der Waals surface area contributed by atoms with Crippen molar-refractivity contribution in [1.29, 1.82) is 0 Å². The van der Waals surface area contributed by atoms with Gasteiger partial charge in [0.2, 0.25) is 0 Å². The number of halogens is 6. The zero-order valence-corrected chi connectivity index (χ0v) is 20.0. The van der Waals surface area contributed by atoms with Gasteiger partial charge in [0.15, 0.2) is 11.6 Å². The second-order valence-corrected chi connectivity index (χ2v) is 8.98. The fourth-order valence-electron chi connectivity index (χ4n) is 4.51. The summed E-state index contributed by atoms with van der Waals surface area (Å²) in [6.45, 7) is 3.84. The van der Waals surface area contributed by atoms with Gasteiger partial charge in [0.05, 0.1) is 0 Å². The average Bonchev–Trinajstić information content (AvgIpc) is 2.85. The molecule has 0 saturated carbocycles. The topological polar surface area (TPSA) is 0 Å². The first kappa shape index (κ1) is 25.8. The van der Waals surface area contributed by atoms with E-state index in [0.717, 1.165) is 42.2 Å². The maximum absolute atomic E-state index is 15.2. The van der Waals surface area contributed by atoms with E-state index < -0.39 is 40.2 Å². The Kier molecular flexibility index (Phi) is 7.17. The molecule has 0 nitrogen and oxygen atoms in total. The Morgan fingerprint density at radius 1 is 0.556 bits per heavy atom. The van der Waals surface area contributed by atoms with E-state index in [-0.39, 0.29) is 17.5 Å². The molecule has 0 N–H and O–H groups in total. The van der Waals surface area contributed by atoms with Crippen LogP contribution in [0.5, 0.6) is 0 Å². The molecule has 1 aliphatic rings. The van der Waals surface area contributed by atoms with E-state index in [1.165, 1.54) is 23.8 Å². The fraction of sp³-hybridized carbons (Fsp3) is 0.267. The lowest BCUT2D eigenvalue weighted by molar-refractivity contribution is -0.133. The molecule has 3 aromatic carbocycles. The van der Waals surface area contributed by atoms with E-state index in [9.17, 15) is 8.78 Å². The molecule has 6 heteroatoms. The average molecular weight is 501 g/mol. The molecule has 1 aliphatic carbocycles. The second kappa shape index (κ2) is 10.00. The van der Waals surface area contributed by atoms with E-state index in [2.05, 4.69) is 6.92 Å². The molecule has 0 atom stereocenters. The van der Waals surface area contributed by atoms with Gasteiger partial charge in [-0.25, -0.2) is 8.78 Å². The summed E-state index contributed by atoms with van der Waals surface area (Å²) < 4.78 is 89.6. The highest BCUT2D eigenvalue weighted by atomic mass is 19.3. The van der Waals surface area contributed by atoms with Crippen LogP contribution in [0.25, 0.3) is 22.3 Å². The molecular weight excluding hydrogens is 474 g/mol. The van der Waals surface area contributed by atoms with Crippen LogP contribution in [0.15, 0.2) is 72.8 Å². The predicted octanol–water partition coefficient (Wildman–Crippen LogP) is 9.29. The van der Waals surface area contributed by atoms with Gasteiger partial charge in [-0.15, -0.1) is 0 Å². The van der Waals surface area contributed by atoms with Crippen molar-refractivity contribution in [3.05, 3.63) is 107 Å². The molecule has 0 aromatic heterocycles. The second-order valence-electron chi connectivity index (χ2n) is 8.98. The lowest BCUT2D eigenvalue weighted by Gasteiger charge is -2.33. The minimum absolute atomic E-state index is 0.0153. The van der Waals surface area contributed by atoms with Crippen LogP contribution in [-0.2, 0) is 12.8 Å². The van der Waals surface area contributed by atoms with Crippen molar-refractivity contribution in [2.24, 2.45) is 0 Å². The molecule has 0 amide bonds. The highest BCUT2D eigenvalue weighted by Gasteiger charge is 2.62. The molecule has 0 heterocycles. The van der Waals surface area contributed by atoms with Crippen LogP contribution >= 0.6 is 0 Å². The number of hydrogen-bond donors (Lipinski definition) is 0. The Hall–Kier alpha value is -3.28. The highest BCUT2D eigenvalue weighted by molar-refractivity contribution is 5.87. The van der Waals surface area contributed by atoms with Crippen LogP contribution in [0.1, 0.15) is 48.9 Å². The van der Waals surface area contributed by atoms with Crippen LogP contribution in [0.2, 0.25) is 0 Å². The van der Waals surface area contributed by atoms with Gasteiger partial charge < -0.3 is 0 Å². The molecule has 0 saturated heterocycles.